The Morgan fingerprint density at radius 1 is 1.73 bits per heavy atom. The third-order valence-electron chi connectivity index (χ3n) is 0.863. The minimum Gasteiger partial charge on any atom is -0.878 e. The number of aromatic nitrogens is 1. The van der Waals surface area contributed by atoms with Crippen molar-refractivity contribution in [3.63, 3.8) is 0 Å². The van der Waals surface area contributed by atoms with Crippen molar-refractivity contribution in [3.8, 4) is 0 Å². The van der Waals surface area contributed by atoms with E-state index in [-0.39, 0.29) is 35.3 Å². The Balaban J connectivity index is 0.000001000. The average Bonchev–Trinajstić information content (AvgIpc) is 2.38. The normalized spacial score (nSPS) is 9.45. The molecule has 0 spiro atoms. The maximum absolute atomic E-state index is 10.8. The van der Waals surface area contributed by atoms with Gasteiger partial charge in [-0.15, -0.1) is 17.6 Å². The van der Waals surface area contributed by atoms with Crippen molar-refractivity contribution in [2.75, 3.05) is 0 Å². The molecule has 0 N–H and O–H groups in total. The van der Waals surface area contributed by atoms with Crippen molar-refractivity contribution in [1.29, 1.82) is 0 Å². The monoisotopic (exact) mass is 177 g/mol. The Labute approximate surface area is 90.1 Å². The van der Waals surface area contributed by atoms with Crippen LogP contribution in [0.4, 0.5) is 0 Å². The molecule has 1 aromatic heterocycles. The van der Waals surface area contributed by atoms with Crippen molar-refractivity contribution in [2.24, 2.45) is 0 Å². The summed E-state index contributed by atoms with van der Waals surface area (Å²) in [6, 6.07) is 0. The Morgan fingerprint density at radius 3 is 2.91 bits per heavy atom. The molecule has 0 aromatic carbocycles. The number of carbonyl (C=O) groups excluding carboxylic acids is 1. The Kier molecular flexibility index (Phi) is 5.41. The Morgan fingerprint density at radius 2 is 2.45 bits per heavy atom. The van der Waals surface area contributed by atoms with Gasteiger partial charge < -0.3 is 5.11 Å². The molecule has 0 aliphatic heterocycles. The van der Waals surface area contributed by atoms with Crippen LogP contribution in [0.5, 0.6) is 0 Å². The number of nitrogens with zero attached hydrogens (tertiary/aromatic N) is 1. The number of carbonyl (C=O) groups is 1. The standard InChI is InChI=1S/C6H5NO2S.Na/c8-3-1-5(9)6-7-2-4-10-6;/h1-4,8H;/q;+1/p-1. The topological polar surface area (TPSA) is 53.0 Å². The molecular weight excluding hydrogens is 173 g/mol. The van der Waals surface area contributed by atoms with Crippen LogP contribution >= 0.6 is 11.3 Å². The predicted molar refractivity (Wildman–Crippen MR) is 35.6 cm³/mol. The summed E-state index contributed by atoms with van der Waals surface area (Å²) in [7, 11) is 0. The summed E-state index contributed by atoms with van der Waals surface area (Å²) >= 11 is 1.22. The van der Waals surface area contributed by atoms with Crippen LogP contribution in [0.15, 0.2) is 23.9 Å². The maximum Gasteiger partial charge on any atom is 1.00 e. The summed E-state index contributed by atoms with van der Waals surface area (Å²) in [4.78, 5) is 14.5. The van der Waals surface area contributed by atoms with E-state index >= 15 is 0 Å². The van der Waals surface area contributed by atoms with Crippen LogP contribution < -0.4 is 34.7 Å². The molecule has 11 heavy (non-hydrogen) atoms. The van der Waals surface area contributed by atoms with Crippen LogP contribution in [0.1, 0.15) is 9.80 Å². The van der Waals surface area contributed by atoms with E-state index in [0.29, 0.717) is 11.3 Å². The molecule has 0 saturated heterocycles. The summed E-state index contributed by atoms with van der Waals surface area (Å²) in [6.07, 6.45) is 2.94. The number of hydrogen-bond acceptors (Lipinski definition) is 4. The first-order chi connectivity index (χ1) is 4.84. The van der Waals surface area contributed by atoms with Gasteiger partial charge in [0, 0.05) is 11.6 Å². The van der Waals surface area contributed by atoms with Gasteiger partial charge in [0.15, 0.2) is 5.01 Å². The van der Waals surface area contributed by atoms with Crippen LogP contribution in [-0.2, 0) is 0 Å². The minimum absolute atomic E-state index is 0. The molecule has 0 radical (unpaired) electrons. The van der Waals surface area contributed by atoms with E-state index in [4.69, 9.17) is 0 Å². The SMILES string of the molecule is O=C(C=C[O-])c1nccs1.[Na+]. The first-order valence-electron chi connectivity index (χ1n) is 2.57. The third kappa shape index (κ3) is 3.16. The van der Waals surface area contributed by atoms with Gasteiger partial charge in [0.1, 0.15) is 0 Å². The fourth-order valence-corrected chi connectivity index (χ4v) is 1.03. The van der Waals surface area contributed by atoms with Crippen LogP contribution in [-0.4, -0.2) is 10.8 Å². The van der Waals surface area contributed by atoms with Gasteiger partial charge in [-0.25, -0.2) is 4.98 Å². The predicted octanol–water partition coefficient (Wildman–Crippen LogP) is -2.80. The van der Waals surface area contributed by atoms with Crippen molar-refractivity contribution >= 4 is 17.1 Å². The second kappa shape index (κ2) is 5.49. The van der Waals surface area contributed by atoms with E-state index in [1.54, 1.807) is 5.38 Å². The molecule has 0 fully saturated rings. The molecule has 1 rings (SSSR count). The van der Waals surface area contributed by atoms with E-state index in [1.807, 2.05) is 0 Å². The molecular formula is C6H4NNaO2S. The number of hydrogen-bond donors (Lipinski definition) is 0. The first kappa shape index (κ1) is 10.8. The molecule has 0 unspecified atom stereocenters. The Hall–Kier alpha value is -0.160. The fourth-order valence-electron chi connectivity index (χ4n) is 0.478. The summed E-state index contributed by atoms with van der Waals surface area (Å²) in [5.41, 5.74) is 0. The van der Waals surface area contributed by atoms with E-state index in [1.165, 1.54) is 17.5 Å². The molecule has 0 aliphatic rings. The summed E-state index contributed by atoms with van der Waals surface area (Å²) in [6.45, 7) is 0. The van der Waals surface area contributed by atoms with Gasteiger partial charge in [-0.2, -0.15) is 0 Å². The average molecular weight is 177 g/mol. The summed E-state index contributed by atoms with van der Waals surface area (Å²) < 4.78 is 0. The number of thiazole rings is 1. The van der Waals surface area contributed by atoms with Gasteiger partial charge in [0.2, 0.25) is 5.78 Å². The van der Waals surface area contributed by atoms with Crippen LogP contribution in [0, 0.1) is 0 Å². The van der Waals surface area contributed by atoms with Crippen molar-refractivity contribution < 1.29 is 39.5 Å². The largest absolute Gasteiger partial charge is 1.00 e. The maximum atomic E-state index is 10.8. The summed E-state index contributed by atoms with van der Waals surface area (Å²) in [5.74, 6) is -0.329. The second-order valence-electron chi connectivity index (χ2n) is 1.50. The van der Waals surface area contributed by atoms with Crippen molar-refractivity contribution in [1.82, 2.24) is 4.98 Å². The van der Waals surface area contributed by atoms with Crippen molar-refractivity contribution in [3.05, 3.63) is 28.9 Å². The molecule has 0 atom stereocenters. The molecule has 1 heterocycles. The molecule has 0 amide bonds. The zero-order valence-electron chi connectivity index (χ0n) is 5.98. The molecule has 0 aliphatic carbocycles. The molecule has 0 bridgehead atoms. The van der Waals surface area contributed by atoms with E-state index in [2.05, 4.69) is 4.98 Å². The molecule has 0 saturated carbocycles. The van der Waals surface area contributed by atoms with Crippen LogP contribution in [0.25, 0.3) is 0 Å². The zero-order chi connectivity index (χ0) is 7.40. The number of ketones is 1. The molecule has 5 heteroatoms. The van der Waals surface area contributed by atoms with Gasteiger partial charge in [-0.1, -0.05) is 0 Å². The van der Waals surface area contributed by atoms with E-state index in [0.717, 1.165) is 6.08 Å². The minimum atomic E-state index is -0.329. The van der Waals surface area contributed by atoms with E-state index < -0.39 is 0 Å². The molecule has 1 aromatic rings. The van der Waals surface area contributed by atoms with Crippen molar-refractivity contribution in [2.45, 2.75) is 0 Å². The van der Waals surface area contributed by atoms with Crippen LogP contribution in [0.2, 0.25) is 0 Å². The Bertz CT molecular complexity index is 245. The number of allylic oxidation sites excluding steroid dienone is 1. The first-order valence-corrected chi connectivity index (χ1v) is 3.45. The van der Waals surface area contributed by atoms with Gasteiger partial charge in [0.05, 0.1) is 0 Å². The second-order valence-corrected chi connectivity index (χ2v) is 2.40. The van der Waals surface area contributed by atoms with Gasteiger partial charge in [0.25, 0.3) is 0 Å². The zero-order valence-corrected chi connectivity index (χ0v) is 8.80. The third-order valence-corrected chi connectivity index (χ3v) is 1.65. The van der Waals surface area contributed by atoms with Gasteiger partial charge in [-0.05, 0) is 6.08 Å². The quantitative estimate of drug-likeness (QED) is 0.212. The smallest absolute Gasteiger partial charge is 0.878 e. The van der Waals surface area contributed by atoms with E-state index in [9.17, 15) is 9.90 Å². The number of rotatable bonds is 2. The summed E-state index contributed by atoms with van der Waals surface area (Å²) in [5, 5.41) is 11.9. The fraction of sp³-hybridized carbons (Fsp3) is 0. The van der Waals surface area contributed by atoms with Gasteiger partial charge in [-0.3, -0.25) is 4.79 Å². The molecule has 3 nitrogen and oxygen atoms in total. The van der Waals surface area contributed by atoms with Crippen LogP contribution in [0.3, 0.4) is 0 Å². The van der Waals surface area contributed by atoms with Gasteiger partial charge >= 0.3 is 29.6 Å². The molecule has 52 valence electrons.